The lowest BCUT2D eigenvalue weighted by molar-refractivity contribution is -0.116. The summed E-state index contributed by atoms with van der Waals surface area (Å²) in [6.07, 6.45) is 5.06. The minimum Gasteiger partial charge on any atom is -0.379 e. The van der Waals surface area contributed by atoms with Gasteiger partial charge in [0.25, 0.3) is 0 Å². The van der Waals surface area contributed by atoms with Crippen LogP contribution in [0.1, 0.15) is 30.5 Å². The molecule has 0 unspecified atom stereocenters. The third-order valence-corrected chi connectivity index (χ3v) is 4.80. The topological polar surface area (TPSA) is 107 Å². The Hall–Kier alpha value is -3.60. The minimum atomic E-state index is 0.0344. The molecule has 3 aromatic rings. The summed E-state index contributed by atoms with van der Waals surface area (Å²) in [5.41, 5.74) is 4.64. The molecular formula is C19H17N7O. The van der Waals surface area contributed by atoms with Crippen LogP contribution in [0.5, 0.6) is 0 Å². The molecule has 8 nitrogen and oxygen atoms in total. The Kier molecular flexibility index (Phi) is 3.47. The molecule has 0 bridgehead atoms. The van der Waals surface area contributed by atoms with Crippen LogP contribution in [0.2, 0.25) is 0 Å². The highest BCUT2D eigenvalue weighted by Crippen LogP contribution is 2.31. The summed E-state index contributed by atoms with van der Waals surface area (Å²) in [6.45, 7) is 0. The number of fused-ring (bicyclic) bond motifs is 2. The molecule has 1 fully saturated rings. The average molecular weight is 359 g/mol. The van der Waals surface area contributed by atoms with Crippen LogP contribution in [0, 0.1) is 11.3 Å². The standard InChI is InChI=1S/C19H17N7O/c20-9-14-10-21-19-16(22-12-4-5-12)8-17(25-26(14)19)23-13-3-1-11-2-6-18(27)24-15(11)7-13/h1,3,7-8,10,12,22H,2,4-6H2,(H,23,25)(H,24,27). The number of aromatic nitrogens is 3. The number of hydrogen-bond donors (Lipinski definition) is 3. The lowest BCUT2D eigenvalue weighted by atomic mass is 10.0. The summed E-state index contributed by atoms with van der Waals surface area (Å²) < 4.78 is 1.55. The summed E-state index contributed by atoms with van der Waals surface area (Å²) in [5.74, 6) is 0.634. The van der Waals surface area contributed by atoms with Crippen molar-refractivity contribution in [3.8, 4) is 6.07 Å². The summed E-state index contributed by atoms with van der Waals surface area (Å²) in [5, 5.41) is 23.5. The fourth-order valence-corrected chi connectivity index (χ4v) is 3.26. The van der Waals surface area contributed by atoms with Gasteiger partial charge in [0.1, 0.15) is 6.07 Å². The maximum absolute atomic E-state index is 11.6. The summed E-state index contributed by atoms with van der Waals surface area (Å²) >= 11 is 0. The van der Waals surface area contributed by atoms with E-state index < -0.39 is 0 Å². The molecule has 134 valence electrons. The number of nitrogens with one attached hydrogen (secondary N) is 3. The fourth-order valence-electron chi connectivity index (χ4n) is 3.26. The van der Waals surface area contributed by atoms with Crippen molar-refractivity contribution >= 4 is 34.4 Å². The van der Waals surface area contributed by atoms with Crippen molar-refractivity contribution in [1.29, 1.82) is 5.26 Å². The molecule has 0 spiro atoms. The normalized spacial score (nSPS) is 15.7. The maximum Gasteiger partial charge on any atom is 0.224 e. The molecule has 0 atom stereocenters. The number of nitrogens with zero attached hydrogens (tertiary/aromatic N) is 4. The van der Waals surface area contributed by atoms with Gasteiger partial charge >= 0.3 is 0 Å². The van der Waals surface area contributed by atoms with E-state index in [-0.39, 0.29) is 5.91 Å². The molecule has 1 aliphatic carbocycles. The second-order valence-corrected chi connectivity index (χ2v) is 6.90. The van der Waals surface area contributed by atoms with Crippen LogP contribution in [0.3, 0.4) is 0 Å². The maximum atomic E-state index is 11.6. The highest BCUT2D eigenvalue weighted by atomic mass is 16.1. The quantitative estimate of drug-likeness (QED) is 0.661. The van der Waals surface area contributed by atoms with E-state index in [2.05, 4.69) is 32.1 Å². The van der Waals surface area contributed by atoms with Gasteiger partial charge in [-0.1, -0.05) is 6.07 Å². The number of nitriles is 1. The number of imidazole rings is 1. The summed E-state index contributed by atoms with van der Waals surface area (Å²) in [6, 6.07) is 10.4. The molecule has 1 aromatic carbocycles. The van der Waals surface area contributed by atoms with Crippen molar-refractivity contribution in [3.63, 3.8) is 0 Å². The second-order valence-electron chi connectivity index (χ2n) is 6.90. The van der Waals surface area contributed by atoms with Crippen LogP contribution in [0.4, 0.5) is 22.9 Å². The van der Waals surface area contributed by atoms with Crippen molar-refractivity contribution in [2.24, 2.45) is 0 Å². The van der Waals surface area contributed by atoms with Crippen LogP contribution in [-0.2, 0) is 11.2 Å². The van der Waals surface area contributed by atoms with E-state index in [0.717, 1.165) is 41.9 Å². The molecule has 1 saturated carbocycles. The van der Waals surface area contributed by atoms with Gasteiger partial charge in [0.2, 0.25) is 5.91 Å². The molecule has 3 N–H and O–H groups in total. The van der Waals surface area contributed by atoms with Gasteiger partial charge in [0.15, 0.2) is 17.2 Å². The Labute approximate surface area is 155 Å². The SMILES string of the molecule is N#Cc1cnc2c(NC3CC3)cc(Nc3ccc4c(c3)NC(=O)CC4)nn12. The van der Waals surface area contributed by atoms with Gasteiger partial charge in [-0.3, -0.25) is 4.79 Å². The predicted octanol–water partition coefficient (Wildman–Crippen LogP) is 2.80. The van der Waals surface area contributed by atoms with Gasteiger partial charge in [-0.2, -0.15) is 9.78 Å². The van der Waals surface area contributed by atoms with Crippen molar-refractivity contribution in [2.75, 3.05) is 16.0 Å². The lowest BCUT2D eigenvalue weighted by Gasteiger charge is -2.18. The summed E-state index contributed by atoms with van der Waals surface area (Å²) in [4.78, 5) is 16.0. The van der Waals surface area contributed by atoms with Crippen molar-refractivity contribution in [1.82, 2.24) is 14.6 Å². The van der Waals surface area contributed by atoms with Gasteiger partial charge in [0, 0.05) is 29.9 Å². The zero-order valence-electron chi connectivity index (χ0n) is 14.5. The Bertz CT molecular complexity index is 1110. The molecular weight excluding hydrogens is 342 g/mol. The molecule has 2 aromatic heterocycles. The largest absolute Gasteiger partial charge is 0.379 e. The number of hydrogen-bond acceptors (Lipinski definition) is 6. The number of benzene rings is 1. The predicted molar refractivity (Wildman–Crippen MR) is 101 cm³/mol. The smallest absolute Gasteiger partial charge is 0.224 e. The number of carbonyl (C=O) groups is 1. The first-order valence-electron chi connectivity index (χ1n) is 8.95. The van der Waals surface area contributed by atoms with Crippen molar-refractivity contribution in [2.45, 2.75) is 31.7 Å². The summed E-state index contributed by atoms with van der Waals surface area (Å²) in [7, 11) is 0. The van der Waals surface area contributed by atoms with Crippen LogP contribution < -0.4 is 16.0 Å². The van der Waals surface area contributed by atoms with Crippen molar-refractivity contribution in [3.05, 3.63) is 41.7 Å². The molecule has 0 radical (unpaired) electrons. The Morgan fingerprint density at radius 1 is 1.26 bits per heavy atom. The lowest BCUT2D eigenvalue weighted by Crippen LogP contribution is -2.18. The van der Waals surface area contributed by atoms with E-state index in [9.17, 15) is 10.1 Å². The molecule has 8 heteroatoms. The van der Waals surface area contributed by atoms with Gasteiger partial charge in [-0.05, 0) is 37.0 Å². The zero-order valence-corrected chi connectivity index (χ0v) is 14.5. The molecule has 0 saturated heterocycles. The van der Waals surface area contributed by atoms with Crippen LogP contribution in [0.15, 0.2) is 30.5 Å². The minimum absolute atomic E-state index is 0.0344. The van der Waals surface area contributed by atoms with Crippen LogP contribution in [-0.4, -0.2) is 26.5 Å². The van der Waals surface area contributed by atoms with Crippen LogP contribution >= 0.6 is 0 Å². The highest BCUT2D eigenvalue weighted by Gasteiger charge is 2.23. The van der Waals surface area contributed by atoms with Crippen molar-refractivity contribution < 1.29 is 4.79 Å². The third kappa shape index (κ3) is 2.93. The van der Waals surface area contributed by atoms with Crippen LogP contribution in [0.25, 0.3) is 5.65 Å². The number of amides is 1. The third-order valence-electron chi connectivity index (χ3n) is 4.80. The first kappa shape index (κ1) is 15.6. The molecule has 1 amide bonds. The van der Waals surface area contributed by atoms with E-state index >= 15 is 0 Å². The Morgan fingerprint density at radius 3 is 2.96 bits per heavy atom. The Morgan fingerprint density at radius 2 is 2.15 bits per heavy atom. The van der Waals surface area contributed by atoms with E-state index in [4.69, 9.17) is 0 Å². The van der Waals surface area contributed by atoms with E-state index in [1.54, 1.807) is 4.52 Å². The molecule has 3 heterocycles. The van der Waals surface area contributed by atoms with E-state index in [1.165, 1.54) is 6.20 Å². The molecule has 27 heavy (non-hydrogen) atoms. The molecule has 1 aliphatic heterocycles. The van der Waals surface area contributed by atoms with Gasteiger partial charge in [0.05, 0.1) is 11.9 Å². The van der Waals surface area contributed by atoms with Gasteiger partial charge < -0.3 is 16.0 Å². The molecule has 5 rings (SSSR count). The number of aryl methyl sites for hydroxylation is 1. The van der Waals surface area contributed by atoms with E-state index in [0.29, 0.717) is 29.6 Å². The zero-order chi connectivity index (χ0) is 18.4. The van der Waals surface area contributed by atoms with E-state index in [1.807, 2.05) is 24.3 Å². The monoisotopic (exact) mass is 359 g/mol. The highest BCUT2D eigenvalue weighted by molar-refractivity contribution is 5.94. The number of anilines is 4. The average Bonchev–Trinajstić information content (AvgIpc) is 3.38. The van der Waals surface area contributed by atoms with Gasteiger partial charge in [-0.15, -0.1) is 5.10 Å². The number of carbonyl (C=O) groups excluding carboxylic acids is 1. The van der Waals surface area contributed by atoms with Gasteiger partial charge in [-0.25, -0.2) is 4.98 Å². The Balaban J connectivity index is 1.52. The number of rotatable bonds is 4. The first-order chi connectivity index (χ1) is 13.2. The fraction of sp³-hybridized carbons (Fsp3) is 0.263. The second kappa shape index (κ2) is 5.99. The molecule has 2 aliphatic rings. The first-order valence-corrected chi connectivity index (χ1v) is 8.95.